The minimum absolute atomic E-state index is 0.00830. The average molecular weight is 353 g/mol. The number of likely N-dealkylation sites (tertiary alicyclic amines) is 1. The molecule has 136 valence electrons. The van der Waals surface area contributed by atoms with Gasteiger partial charge in [-0.3, -0.25) is 9.69 Å². The van der Waals surface area contributed by atoms with Crippen LogP contribution < -0.4 is 0 Å². The van der Waals surface area contributed by atoms with Gasteiger partial charge in [0.05, 0.1) is 6.42 Å². The van der Waals surface area contributed by atoms with Crippen molar-refractivity contribution in [1.82, 2.24) is 4.90 Å². The van der Waals surface area contributed by atoms with Crippen LogP contribution in [-0.4, -0.2) is 41.3 Å². The van der Waals surface area contributed by atoms with Gasteiger partial charge in [-0.05, 0) is 29.5 Å². The van der Waals surface area contributed by atoms with Crippen molar-refractivity contribution in [3.63, 3.8) is 0 Å². The van der Waals surface area contributed by atoms with Gasteiger partial charge in [0.2, 0.25) is 0 Å². The zero-order valence-corrected chi connectivity index (χ0v) is 14.7. The molecule has 1 heterocycles. The molecular weight excluding hydrogens is 329 g/mol. The number of halogens is 1. The van der Waals surface area contributed by atoms with Crippen LogP contribution in [0.3, 0.4) is 0 Å². The smallest absolute Gasteiger partial charge is 0.304 e. The summed E-state index contributed by atoms with van der Waals surface area (Å²) in [6, 6.07) is 20.2. The maximum atomic E-state index is 13.7. The molecule has 0 spiro atoms. The number of benzene rings is 2. The fraction of sp³-hybridized carbons (Fsp3) is 0.318. The van der Waals surface area contributed by atoms with E-state index in [0.717, 1.165) is 23.1 Å². The Hall–Kier alpha value is -2.46. The molecule has 0 aromatic heterocycles. The van der Waals surface area contributed by atoms with Crippen LogP contribution in [0.1, 0.15) is 30.4 Å². The highest BCUT2D eigenvalue weighted by atomic mass is 19.1. The molecule has 2 aromatic rings. The SMILES string of the molecule is O=C(O)C[C@H]1C[C@H](F)CN1CCC=C(c1ccccc1)c1ccccc1. The Kier molecular flexibility index (Phi) is 6.18. The summed E-state index contributed by atoms with van der Waals surface area (Å²) in [6.07, 6.45) is 2.33. The predicted molar refractivity (Wildman–Crippen MR) is 102 cm³/mol. The summed E-state index contributed by atoms with van der Waals surface area (Å²) in [5.41, 5.74) is 3.44. The molecular formula is C22H24FNO2. The van der Waals surface area contributed by atoms with Crippen LogP contribution in [-0.2, 0) is 4.79 Å². The van der Waals surface area contributed by atoms with E-state index in [1.165, 1.54) is 0 Å². The number of carboxylic acid groups (broad SMARTS) is 1. The molecule has 0 saturated carbocycles. The monoisotopic (exact) mass is 353 g/mol. The summed E-state index contributed by atoms with van der Waals surface area (Å²) >= 11 is 0. The molecule has 0 bridgehead atoms. The first-order valence-electron chi connectivity index (χ1n) is 9.04. The summed E-state index contributed by atoms with van der Waals surface area (Å²) in [5, 5.41) is 9.03. The van der Waals surface area contributed by atoms with Gasteiger partial charge in [-0.25, -0.2) is 4.39 Å². The van der Waals surface area contributed by atoms with Crippen molar-refractivity contribution in [3.8, 4) is 0 Å². The van der Waals surface area contributed by atoms with Crippen LogP contribution in [0, 0.1) is 0 Å². The molecule has 1 aliphatic rings. The highest BCUT2D eigenvalue weighted by Crippen LogP contribution is 2.26. The van der Waals surface area contributed by atoms with Crippen LogP contribution in [0.15, 0.2) is 66.7 Å². The Morgan fingerprint density at radius 1 is 1.08 bits per heavy atom. The standard InChI is InChI=1S/C22H24FNO2/c23-19-14-20(15-22(25)26)24(16-19)13-7-12-21(17-8-3-1-4-9-17)18-10-5-2-6-11-18/h1-6,8-12,19-20H,7,13-16H2,(H,25,26)/t19-,20+/m0/s1. The zero-order chi connectivity index (χ0) is 18.4. The third kappa shape index (κ3) is 4.79. The molecule has 26 heavy (non-hydrogen) atoms. The van der Waals surface area contributed by atoms with Crippen LogP contribution in [0.5, 0.6) is 0 Å². The van der Waals surface area contributed by atoms with Crippen LogP contribution >= 0.6 is 0 Å². The second-order valence-corrected chi connectivity index (χ2v) is 6.72. The molecule has 4 heteroatoms. The van der Waals surface area contributed by atoms with E-state index < -0.39 is 12.1 Å². The zero-order valence-electron chi connectivity index (χ0n) is 14.7. The summed E-state index contributed by atoms with van der Waals surface area (Å²) in [7, 11) is 0. The van der Waals surface area contributed by atoms with E-state index in [2.05, 4.69) is 30.3 Å². The third-order valence-electron chi connectivity index (χ3n) is 4.82. The number of hydrogen-bond acceptors (Lipinski definition) is 2. The topological polar surface area (TPSA) is 40.5 Å². The molecule has 2 aromatic carbocycles. The van der Waals surface area contributed by atoms with Gasteiger partial charge in [0.25, 0.3) is 0 Å². The highest BCUT2D eigenvalue weighted by Gasteiger charge is 2.32. The van der Waals surface area contributed by atoms with Crippen LogP contribution in [0.4, 0.5) is 4.39 Å². The Balaban J connectivity index is 1.74. The average Bonchev–Trinajstić information content (AvgIpc) is 2.98. The minimum Gasteiger partial charge on any atom is -0.481 e. The largest absolute Gasteiger partial charge is 0.481 e. The summed E-state index contributed by atoms with van der Waals surface area (Å²) in [4.78, 5) is 13.0. The number of carbonyl (C=O) groups is 1. The lowest BCUT2D eigenvalue weighted by Crippen LogP contribution is -2.32. The fourth-order valence-electron chi connectivity index (χ4n) is 3.62. The Morgan fingerprint density at radius 2 is 1.65 bits per heavy atom. The number of rotatable bonds is 7. The number of hydrogen-bond donors (Lipinski definition) is 1. The Labute approximate surface area is 153 Å². The lowest BCUT2D eigenvalue weighted by Gasteiger charge is -2.22. The highest BCUT2D eigenvalue weighted by molar-refractivity contribution is 5.79. The van der Waals surface area contributed by atoms with E-state index in [9.17, 15) is 9.18 Å². The molecule has 2 atom stereocenters. The first-order chi connectivity index (χ1) is 12.6. The fourth-order valence-corrected chi connectivity index (χ4v) is 3.62. The first kappa shape index (κ1) is 18.3. The van der Waals surface area contributed by atoms with E-state index in [-0.39, 0.29) is 12.5 Å². The lowest BCUT2D eigenvalue weighted by molar-refractivity contribution is -0.138. The van der Waals surface area contributed by atoms with E-state index in [0.29, 0.717) is 19.5 Å². The van der Waals surface area contributed by atoms with Gasteiger partial charge >= 0.3 is 5.97 Å². The Morgan fingerprint density at radius 3 is 2.19 bits per heavy atom. The van der Waals surface area contributed by atoms with Crippen molar-refractivity contribution in [3.05, 3.63) is 77.9 Å². The van der Waals surface area contributed by atoms with Gasteiger partial charge in [0.15, 0.2) is 0 Å². The second kappa shape index (κ2) is 8.77. The lowest BCUT2D eigenvalue weighted by atomic mass is 9.97. The molecule has 0 unspecified atom stereocenters. The maximum Gasteiger partial charge on any atom is 0.304 e. The normalized spacial score (nSPS) is 20.0. The number of alkyl halides is 1. The predicted octanol–water partition coefficient (Wildman–Crippen LogP) is 4.40. The van der Waals surface area contributed by atoms with Gasteiger partial charge in [0.1, 0.15) is 6.17 Å². The van der Waals surface area contributed by atoms with Crippen molar-refractivity contribution in [2.45, 2.75) is 31.5 Å². The molecule has 1 fully saturated rings. The first-order valence-corrected chi connectivity index (χ1v) is 9.04. The molecule has 3 nitrogen and oxygen atoms in total. The van der Waals surface area contributed by atoms with Crippen molar-refractivity contribution < 1.29 is 14.3 Å². The van der Waals surface area contributed by atoms with Gasteiger partial charge in [-0.2, -0.15) is 0 Å². The molecule has 1 aliphatic heterocycles. The summed E-state index contributed by atoms with van der Waals surface area (Å²) < 4.78 is 13.7. The van der Waals surface area contributed by atoms with Crippen molar-refractivity contribution in [2.75, 3.05) is 13.1 Å². The number of carboxylic acids is 1. The van der Waals surface area contributed by atoms with Gasteiger partial charge < -0.3 is 5.11 Å². The summed E-state index contributed by atoms with van der Waals surface area (Å²) in [6.45, 7) is 0.999. The molecule has 1 saturated heterocycles. The number of aliphatic carboxylic acids is 1. The van der Waals surface area contributed by atoms with E-state index in [1.807, 2.05) is 41.3 Å². The van der Waals surface area contributed by atoms with Gasteiger partial charge in [-0.1, -0.05) is 66.7 Å². The molecule has 0 radical (unpaired) electrons. The quantitative estimate of drug-likeness (QED) is 0.802. The third-order valence-corrected chi connectivity index (χ3v) is 4.82. The van der Waals surface area contributed by atoms with E-state index in [4.69, 9.17) is 5.11 Å². The van der Waals surface area contributed by atoms with E-state index in [1.54, 1.807) is 0 Å². The minimum atomic E-state index is -0.925. The molecule has 0 aliphatic carbocycles. The van der Waals surface area contributed by atoms with Crippen molar-refractivity contribution >= 4 is 11.5 Å². The number of nitrogens with zero attached hydrogens (tertiary/aromatic N) is 1. The van der Waals surface area contributed by atoms with Crippen LogP contribution in [0.2, 0.25) is 0 Å². The second-order valence-electron chi connectivity index (χ2n) is 6.72. The molecule has 3 rings (SSSR count). The molecule has 1 N–H and O–H groups in total. The van der Waals surface area contributed by atoms with E-state index >= 15 is 0 Å². The van der Waals surface area contributed by atoms with Crippen molar-refractivity contribution in [1.29, 1.82) is 0 Å². The van der Waals surface area contributed by atoms with Crippen molar-refractivity contribution in [2.24, 2.45) is 0 Å². The summed E-state index contributed by atoms with van der Waals surface area (Å²) in [5.74, 6) is -0.862. The van der Waals surface area contributed by atoms with Crippen LogP contribution in [0.25, 0.3) is 5.57 Å². The maximum absolute atomic E-state index is 13.7. The van der Waals surface area contributed by atoms with Gasteiger partial charge in [-0.15, -0.1) is 0 Å². The Bertz CT molecular complexity index is 704. The van der Waals surface area contributed by atoms with Gasteiger partial charge in [0, 0.05) is 19.1 Å². The molecule has 0 amide bonds.